The van der Waals surface area contributed by atoms with Gasteiger partial charge in [-0.25, -0.2) is 4.98 Å². The summed E-state index contributed by atoms with van der Waals surface area (Å²) in [7, 11) is 0. The SMILES string of the molecule is Cc1sc(-c2ccccc2)nc1CCOc1ccc(CCC(=O)O)c(CNC(=O)c2ccccn2)c1. The van der Waals surface area contributed by atoms with Crippen LogP contribution in [0.15, 0.2) is 72.9 Å². The maximum Gasteiger partial charge on any atom is 0.303 e. The molecule has 4 aromatic rings. The average Bonchev–Trinajstić information content (AvgIpc) is 3.27. The standard InChI is InChI=1S/C28H27N3O4S/c1-19-24(31-28(36-19)21-7-3-2-4-8-21)14-16-35-23-12-10-20(11-13-26(32)33)22(17-23)18-30-27(34)25-9-5-6-15-29-25/h2-10,12,15,17H,11,13-14,16,18H2,1H3,(H,30,34)(H,32,33). The van der Waals surface area contributed by atoms with Crippen LogP contribution in [0.3, 0.4) is 0 Å². The molecule has 2 aromatic carbocycles. The summed E-state index contributed by atoms with van der Waals surface area (Å²) in [6, 6.07) is 20.8. The van der Waals surface area contributed by atoms with Crippen molar-refractivity contribution in [2.24, 2.45) is 0 Å². The van der Waals surface area contributed by atoms with Gasteiger partial charge in [-0.1, -0.05) is 42.5 Å². The van der Waals surface area contributed by atoms with Crippen molar-refractivity contribution in [1.29, 1.82) is 0 Å². The maximum atomic E-state index is 12.4. The lowest BCUT2D eigenvalue weighted by Crippen LogP contribution is -2.24. The Kier molecular flexibility index (Phi) is 8.41. The average molecular weight is 502 g/mol. The lowest BCUT2D eigenvalue weighted by atomic mass is 10.0. The molecule has 36 heavy (non-hydrogen) atoms. The van der Waals surface area contributed by atoms with Crippen LogP contribution in [0.5, 0.6) is 5.75 Å². The normalized spacial score (nSPS) is 10.7. The third-order valence-corrected chi connectivity index (χ3v) is 6.71. The summed E-state index contributed by atoms with van der Waals surface area (Å²) < 4.78 is 6.02. The molecule has 0 saturated carbocycles. The number of amides is 1. The smallest absolute Gasteiger partial charge is 0.303 e. The van der Waals surface area contributed by atoms with Crippen LogP contribution >= 0.6 is 11.3 Å². The molecule has 0 fully saturated rings. The Morgan fingerprint density at radius 3 is 2.56 bits per heavy atom. The topological polar surface area (TPSA) is 101 Å². The molecule has 8 heteroatoms. The third-order valence-electron chi connectivity index (χ3n) is 5.64. The largest absolute Gasteiger partial charge is 0.493 e. The molecule has 0 bridgehead atoms. The predicted molar refractivity (Wildman–Crippen MR) is 139 cm³/mol. The summed E-state index contributed by atoms with van der Waals surface area (Å²) >= 11 is 1.67. The number of nitrogens with one attached hydrogen (secondary N) is 1. The van der Waals surface area contributed by atoms with E-state index in [2.05, 4.69) is 29.4 Å². The molecule has 4 rings (SSSR count). The van der Waals surface area contributed by atoms with Crippen molar-refractivity contribution in [1.82, 2.24) is 15.3 Å². The van der Waals surface area contributed by atoms with Gasteiger partial charge < -0.3 is 15.2 Å². The number of nitrogens with zero attached hydrogens (tertiary/aromatic N) is 2. The molecular formula is C28H27N3O4S. The van der Waals surface area contributed by atoms with Gasteiger partial charge in [0, 0.05) is 36.0 Å². The Balaban J connectivity index is 1.41. The first-order chi connectivity index (χ1) is 17.5. The number of pyridine rings is 1. The van der Waals surface area contributed by atoms with Gasteiger partial charge in [-0.3, -0.25) is 14.6 Å². The van der Waals surface area contributed by atoms with Gasteiger partial charge in [-0.05, 0) is 48.7 Å². The van der Waals surface area contributed by atoms with E-state index in [0.29, 0.717) is 30.9 Å². The van der Waals surface area contributed by atoms with E-state index >= 15 is 0 Å². The minimum Gasteiger partial charge on any atom is -0.493 e. The van der Waals surface area contributed by atoms with Crippen molar-refractivity contribution in [2.45, 2.75) is 32.7 Å². The molecule has 0 radical (unpaired) electrons. The molecule has 0 spiro atoms. The van der Waals surface area contributed by atoms with Crippen LogP contribution in [0.4, 0.5) is 0 Å². The highest BCUT2D eigenvalue weighted by molar-refractivity contribution is 7.15. The Hall–Kier alpha value is -4.04. The van der Waals surface area contributed by atoms with Gasteiger partial charge in [0.1, 0.15) is 16.5 Å². The fourth-order valence-electron chi connectivity index (χ4n) is 3.73. The van der Waals surface area contributed by atoms with Gasteiger partial charge in [0.25, 0.3) is 5.91 Å². The number of hydrogen-bond donors (Lipinski definition) is 2. The Morgan fingerprint density at radius 1 is 1.00 bits per heavy atom. The van der Waals surface area contributed by atoms with Gasteiger partial charge in [0.05, 0.1) is 12.3 Å². The van der Waals surface area contributed by atoms with Crippen LogP contribution in [-0.2, 0) is 24.2 Å². The number of thiazole rings is 1. The van der Waals surface area contributed by atoms with Gasteiger partial charge >= 0.3 is 5.97 Å². The molecule has 0 unspecified atom stereocenters. The van der Waals surface area contributed by atoms with Crippen molar-refractivity contribution < 1.29 is 19.4 Å². The zero-order valence-corrected chi connectivity index (χ0v) is 20.8. The monoisotopic (exact) mass is 501 g/mol. The summed E-state index contributed by atoms with van der Waals surface area (Å²) in [5.74, 6) is -0.501. The molecule has 0 saturated heterocycles. The summed E-state index contributed by atoms with van der Waals surface area (Å²) in [6.45, 7) is 2.76. The number of carboxylic acid groups (broad SMARTS) is 1. The first-order valence-corrected chi connectivity index (χ1v) is 12.5. The number of aliphatic carboxylic acids is 1. The number of aryl methyl sites for hydroxylation is 2. The Morgan fingerprint density at radius 2 is 1.81 bits per heavy atom. The molecule has 2 heterocycles. The Bertz CT molecular complexity index is 1320. The predicted octanol–water partition coefficient (Wildman–Crippen LogP) is 5.08. The molecule has 0 atom stereocenters. The number of benzene rings is 2. The van der Waals surface area contributed by atoms with E-state index in [1.165, 1.54) is 4.88 Å². The number of carbonyl (C=O) groups excluding carboxylic acids is 1. The molecule has 0 aliphatic rings. The molecule has 1 amide bonds. The van der Waals surface area contributed by atoms with E-state index in [1.807, 2.05) is 36.4 Å². The molecular weight excluding hydrogens is 474 g/mol. The van der Waals surface area contributed by atoms with Crippen LogP contribution in [-0.4, -0.2) is 33.6 Å². The number of carboxylic acids is 1. The zero-order chi connectivity index (χ0) is 25.3. The maximum absolute atomic E-state index is 12.4. The van der Waals surface area contributed by atoms with Crippen LogP contribution < -0.4 is 10.1 Å². The quantitative estimate of drug-likeness (QED) is 0.297. The first kappa shape index (κ1) is 25.1. The second-order valence-electron chi connectivity index (χ2n) is 8.21. The number of hydrogen-bond acceptors (Lipinski definition) is 6. The highest BCUT2D eigenvalue weighted by Gasteiger charge is 2.12. The van der Waals surface area contributed by atoms with Gasteiger partial charge in [0.15, 0.2) is 0 Å². The van der Waals surface area contributed by atoms with E-state index in [-0.39, 0.29) is 18.9 Å². The zero-order valence-electron chi connectivity index (χ0n) is 19.9. The van der Waals surface area contributed by atoms with E-state index in [4.69, 9.17) is 14.8 Å². The van der Waals surface area contributed by atoms with Crippen molar-refractivity contribution in [2.75, 3.05) is 6.61 Å². The molecule has 0 aliphatic carbocycles. The van der Waals surface area contributed by atoms with Crippen LogP contribution in [0.25, 0.3) is 10.6 Å². The highest BCUT2D eigenvalue weighted by Crippen LogP contribution is 2.28. The molecule has 184 valence electrons. The summed E-state index contributed by atoms with van der Waals surface area (Å²) in [4.78, 5) is 33.6. The van der Waals surface area contributed by atoms with Crippen molar-refractivity contribution >= 4 is 23.2 Å². The third kappa shape index (κ3) is 6.76. The van der Waals surface area contributed by atoms with E-state index in [9.17, 15) is 9.59 Å². The number of ether oxygens (including phenoxy) is 1. The number of rotatable bonds is 11. The molecule has 0 aliphatic heterocycles. The van der Waals surface area contributed by atoms with Gasteiger partial charge in [-0.15, -0.1) is 11.3 Å². The lowest BCUT2D eigenvalue weighted by Gasteiger charge is -2.13. The van der Waals surface area contributed by atoms with E-state index in [0.717, 1.165) is 27.4 Å². The van der Waals surface area contributed by atoms with Crippen LogP contribution in [0.1, 0.15) is 38.6 Å². The van der Waals surface area contributed by atoms with Crippen LogP contribution in [0.2, 0.25) is 0 Å². The molecule has 7 nitrogen and oxygen atoms in total. The molecule has 2 aromatic heterocycles. The van der Waals surface area contributed by atoms with Crippen LogP contribution in [0, 0.1) is 6.92 Å². The summed E-state index contributed by atoms with van der Waals surface area (Å²) in [5, 5.41) is 13.0. The summed E-state index contributed by atoms with van der Waals surface area (Å²) in [5.41, 5.74) is 4.11. The minimum absolute atomic E-state index is 0.00818. The molecule has 2 N–H and O–H groups in total. The highest BCUT2D eigenvalue weighted by atomic mass is 32.1. The first-order valence-electron chi connectivity index (χ1n) is 11.7. The van der Waals surface area contributed by atoms with Gasteiger partial charge in [-0.2, -0.15) is 0 Å². The Labute approximate surface area is 213 Å². The second kappa shape index (κ2) is 12.1. The number of aromatic nitrogens is 2. The lowest BCUT2D eigenvalue weighted by molar-refractivity contribution is -0.136. The van der Waals surface area contributed by atoms with E-state index in [1.54, 1.807) is 35.7 Å². The minimum atomic E-state index is -0.868. The second-order valence-corrected chi connectivity index (χ2v) is 9.41. The van der Waals surface area contributed by atoms with Crippen molar-refractivity contribution in [3.63, 3.8) is 0 Å². The van der Waals surface area contributed by atoms with E-state index < -0.39 is 5.97 Å². The van der Waals surface area contributed by atoms with Crippen molar-refractivity contribution in [3.05, 3.63) is 100 Å². The summed E-state index contributed by atoms with van der Waals surface area (Å²) in [6.07, 6.45) is 2.61. The fourth-order valence-corrected chi connectivity index (χ4v) is 4.70. The van der Waals surface area contributed by atoms with Gasteiger partial charge in [0.2, 0.25) is 0 Å². The van der Waals surface area contributed by atoms with Crippen molar-refractivity contribution in [3.8, 4) is 16.3 Å². The number of carbonyl (C=O) groups is 2. The fraction of sp³-hybridized carbons (Fsp3) is 0.214.